The number of nitrogens with one attached hydrogen (secondary N) is 1. The van der Waals surface area contributed by atoms with Crippen molar-refractivity contribution >= 4 is 5.82 Å². The number of hydrogen-bond donors (Lipinski definition) is 2. The molecule has 2 bridgehead atoms. The maximum absolute atomic E-state index is 15.1. The number of rotatable bonds is 4. The van der Waals surface area contributed by atoms with Crippen LogP contribution in [0.1, 0.15) is 39.5 Å². The summed E-state index contributed by atoms with van der Waals surface area (Å²) in [6.07, 6.45) is 5.44. The van der Waals surface area contributed by atoms with Gasteiger partial charge in [0, 0.05) is 48.4 Å². The first-order valence-corrected chi connectivity index (χ1v) is 11.6. The third-order valence-corrected chi connectivity index (χ3v) is 7.48. The Hall–Kier alpha value is -3.40. The molecule has 2 fully saturated rings. The molecule has 0 aliphatic carbocycles. The normalized spacial score (nSPS) is 25.6. The van der Waals surface area contributed by atoms with Crippen molar-refractivity contribution in [2.45, 2.75) is 56.7 Å². The summed E-state index contributed by atoms with van der Waals surface area (Å²) in [5.41, 5.74) is -0.883. The molecule has 4 heterocycles. The van der Waals surface area contributed by atoms with E-state index >= 15 is 4.39 Å². The summed E-state index contributed by atoms with van der Waals surface area (Å²) in [6, 6.07) is 5.69. The molecule has 2 N–H and O–H groups in total. The number of phenols is 1. The average Bonchev–Trinajstić information content (AvgIpc) is 3.04. The van der Waals surface area contributed by atoms with Gasteiger partial charge in [0.1, 0.15) is 5.75 Å². The third-order valence-electron chi connectivity index (χ3n) is 7.48. The van der Waals surface area contributed by atoms with Crippen molar-refractivity contribution in [2.24, 2.45) is 7.05 Å². The third kappa shape index (κ3) is 4.05. The SMILES string of the molecule is CN(c1ccc(-c2c(O)cc(-c3cnn(C)c(=O)c3)c(F)c2F)nn1)[C@@H]1C[C@]2(C)CC[C@](C)(C1)N2. The zero-order valence-electron chi connectivity index (χ0n) is 20.1. The zero-order valence-corrected chi connectivity index (χ0v) is 20.1. The largest absolute Gasteiger partial charge is 0.507 e. The molecule has 184 valence electrons. The molecule has 0 radical (unpaired) electrons. The van der Waals surface area contributed by atoms with Gasteiger partial charge in [-0.1, -0.05) is 0 Å². The molecule has 3 aromatic rings. The summed E-state index contributed by atoms with van der Waals surface area (Å²) in [5, 5.41) is 26.5. The van der Waals surface area contributed by atoms with Crippen molar-refractivity contribution in [1.82, 2.24) is 25.3 Å². The molecule has 10 heteroatoms. The van der Waals surface area contributed by atoms with E-state index in [0.717, 1.165) is 42.5 Å². The highest BCUT2D eigenvalue weighted by molar-refractivity contribution is 5.75. The summed E-state index contributed by atoms with van der Waals surface area (Å²) >= 11 is 0. The van der Waals surface area contributed by atoms with Crippen molar-refractivity contribution in [3.05, 3.63) is 52.5 Å². The number of aromatic hydroxyl groups is 1. The Morgan fingerprint density at radius 3 is 2.40 bits per heavy atom. The molecule has 2 aliphatic rings. The molecule has 5 rings (SSSR count). The van der Waals surface area contributed by atoms with Gasteiger partial charge in [0.2, 0.25) is 0 Å². The smallest absolute Gasteiger partial charge is 0.267 e. The van der Waals surface area contributed by atoms with Gasteiger partial charge < -0.3 is 15.3 Å². The fraction of sp³-hybridized carbons (Fsp3) is 0.440. The van der Waals surface area contributed by atoms with Crippen LogP contribution in [0.25, 0.3) is 22.4 Å². The van der Waals surface area contributed by atoms with Gasteiger partial charge in [-0.3, -0.25) is 4.79 Å². The van der Waals surface area contributed by atoms with Gasteiger partial charge in [-0.2, -0.15) is 5.10 Å². The Labute approximate surface area is 201 Å². The van der Waals surface area contributed by atoms with Crippen LogP contribution in [-0.2, 0) is 7.05 Å². The topological polar surface area (TPSA) is 96.2 Å². The number of aromatic nitrogens is 4. The Bertz CT molecular complexity index is 1340. The maximum Gasteiger partial charge on any atom is 0.267 e. The molecule has 2 saturated heterocycles. The molecule has 35 heavy (non-hydrogen) atoms. The van der Waals surface area contributed by atoms with E-state index in [9.17, 15) is 14.3 Å². The molecule has 0 unspecified atom stereocenters. The van der Waals surface area contributed by atoms with Gasteiger partial charge in [-0.05, 0) is 57.7 Å². The number of phenolic OH excluding ortho intramolecular Hbond substituents is 1. The minimum absolute atomic E-state index is 0.00834. The minimum atomic E-state index is -1.27. The summed E-state index contributed by atoms with van der Waals surface area (Å²) in [4.78, 5) is 13.9. The Balaban J connectivity index is 1.44. The van der Waals surface area contributed by atoms with Crippen LogP contribution in [-0.4, -0.2) is 49.3 Å². The van der Waals surface area contributed by atoms with Gasteiger partial charge in [0.25, 0.3) is 5.56 Å². The summed E-state index contributed by atoms with van der Waals surface area (Å²) in [6.45, 7) is 4.50. The van der Waals surface area contributed by atoms with Gasteiger partial charge in [0.15, 0.2) is 17.5 Å². The second-order valence-electron chi connectivity index (χ2n) is 10.3. The highest BCUT2D eigenvalue weighted by Crippen LogP contribution is 2.44. The number of hydrogen-bond acceptors (Lipinski definition) is 7. The van der Waals surface area contributed by atoms with Gasteiger partial charge >= 0.3 is 0 Å². The second kappa shape index (κ2) is 8.08. The standard InChI is InChI=1S/C25H28F2N6O2/c1-24-7-8-25(2,31-24)12-15(11-24)32(3)19-6-5-17(29-30-19)21-18(34)10-16(22(26)23(21)27)14-9-20(35)33(4)28-13-14/h5-6,9-10,13,15,31,34H,7-8,11-12H2,1-4H3/t15-,24+,25-. The molecule has 0 saturated carbocycles. The molecular weight excluding hydrogens is 454 g/mol. The number of halogens is 2. The Morgan fingerprint density at radius 2 is 1.80 bits per heavy atom. The predicted molar refractivity (Wildman–Crippen MR) is 128 cm³/mol. The lowest BCUT2D eigenvalue weighted by Gasteiger charge is -2.45. The van der Waals surface area contributed by atoms with Crippen LogP contribution in [0, 0.1) is 11.6 Å². The van der Waals surface area contributed by atoms with Crippen molar-refractivity contribution < 1.29 is 13.9 Å². The fourth-order valence-corrected chi connectivity index (χ4v) is 5.61. The number of aryl methyl sites for hydroxylation is 1. The van der Waals surface area contributed by atoms with Crippen LogP contribution in [0.2, 0.25) is 0 Å². The van der Waals surface area contributed by atoms with Crippen LogP contribution in [0.5, 0.6) is 5.75 Å². The molecule has 8 nitrogen and oxygen atoms in total. The summed E-state index contributed by atoms with van der Waals surface area (Å²) < 4.78 is 31.1. The number of benzene rings is 1. The zero-order chi connectivity index (χ0) is 25.1. The van der Waals surface area contributed by atoms with E-state index in [-0.39, 0.29) is 39.5 Å². The van der Waals surface area contributed by atoms with Gasteiger partial charge in [0.05, 0.1) is 17.5 Å². The van der Waals surface area contributed by atoms with E-state index in [1.165, 1.54) is 19.3 Å². The Kier molecular flexibility index (Phi) is 5.39. The fourth-order valence-electron chi connectivity index (χ4n) is 5.61. The lowest BCUT2D eigenvalue weighted by molar-refractivity contribution is 0.207. The number of piperidine rings is 1. The predicted octanol–water partition coefficient (Wildman–Crippen LogP) is 3.39. The van der Waals surface area contributed by atoms with Crippen molar-refractivity contribution in [1.29, 1.82) is 0 Å². The quantitative estimate of drug-likeness (QED) is 0.589. The van der Waals surface area contributed by atoms with Crippen LogP contribution < -0.4 is 15.8 Å². The van der Waals surface area contributed by atoms with E-state index in [4.69, 9.17) is 0 Å². The first-order chi connectivity index (χ1) is 16.5. The average molecular weight is 483 g/mol. The monoisotopic (exact) mass is 482 g/mol. The van der Waals surface area contributed by atoms with Gasteiger partial charge in [-0.15, -0.1) is 10.2 Å². The highest BCUT2D eigenvalue weighted by Gasteiger charge is 2.49. The van der Waals surface area contributed by atoms with Crippen molar-refractivity contribution in [3.8, 4) is 28.1 Å². The lowest BCUT2D eigenvalue weighted by atomic mass is 9.84. The summed E-state index contributed by atoms with van der Waals surface area (Å²) in [5.74, 6) is -2.37. The lowest BCUT2D eigenvalue weighted by Crippen LogP contribution is -2.58. The van der Waals surface area contributed by atoms with E-state index in [1.54, 1.807) is 6.07 Å². The van der Waals surface area contributed by atoms with Crippen LogP contribution in [0.15, 0.2) is 35.3 Å². The molecule has 2 aromatic heterocycles. The highest BCUT2D eigenvalue weighted by atomic mass is 19.2. The first-order valence-electron chi connectivity index (χ1n) is 11.6. The Morgan fingerprint density at radius 1 is 1.11 bits per heavy atom. The van der Waals surface area contributed by atoms with E-state index in [2.05, 4.69) is 39.4 Å². The molecular formula is C25H28F2N6O2. The minimum Gasteiger partial charge on any atom is -0.507 e. The number of anilines is 1. The molecule has 0 spiro atoms. The molecule has 1 aromatic carbocycles. The van der Waals surface area contributed by atoms with Crippen LogP contribution >= 0.6 is 0 Å². The second-order valence-corrected chi connectivity index (χ2v) is 10.3. The van der Waals surface area contributed by atoms with E-state index in [1.807, 2.05) is 7.05 Å². The van der Waals surface area contributed by atoms with Crippen molar-refractivity contribution in [2.75, 3.05) is 11.9 Å². The van der Waals surface area contributed by atoms with E-state index < -0.39 is 22.9 Å². The van der Waals surface area contributed by atoms with Crippen LogP contribution in [0.4, 0.5) is 14.6 Å². The van der Waals surface area contributed by atoms with Gasteiger partial charge in [-0.25, -0.2) is 13.5 Å². The molecule has 2 aliphatic heterocycles. The maximum atomic E-state index is 15.1. The molecule has 3 atom stereocenters. The number of fused-ring (bicyclic) bond motifs is 2. The van der Waals surface area contributed by atoms with Crippen molar-refractivity contribution in [3.63, 3.8) is 0 Å². The number of nitrogens with zero attached hydrogens (tertiary/aromatic N) is 5. The summed E-state index contributed by atoms with van der Waals surface area (Å²) in [7, 11) is 3.41. The molecule has 0 amide bonds. The van der Waals surface area contributed by atoms with E-state index in [0.29, 0.717) is 5.82 Å². The first kappa shape index (κ1) is 23.3. The van der Waals surface area contributed by atoms with Crippen LogP contribution in [0.3, 0.4) is 0 Å².